The van der Waals surface area contributed by atoms with Crippen LogP contribution in [0.4, 0.5) is 5.69 Å². The molecule has 4 rings (SSSR count). The molecular weight excluding hydrogens is 372 g/mol. The maximum atomic E-state index is 13.1. The van der Waals surface area contributed by atoms with E-state index in [2.05, 4.69) is 47.1 Å². The highest BCUT2D eigenvalue weighted by Crippen LogP contribution is 2.26. The first-order chi connectivity index (χ1) is 13.5. The summed E-state index contributed by atoms with van der Waals surface area (Å²) in [5.74, 6) is 0.0129. The lowest BCUT2D eigenvalue weighted by Crippen LogP contribution is -2.49. The second-order valence-corrected chi connectivity index (χ2v) is 7.67. The Hall–Kier alpha value is -2.79. The number of carbonyl (C=O) groups excluding carboxylic acids is 1. The number of hydrogen-bond donors (Lipinski definition) is 1. The standard InChI is InChI=1S/C22H23ClN4O/c1-15-3-8-20(16(2)13-15)26-9-11-27(12-10-26)22(28)19-14-24-25-21(19)17-4-6-18(23)7-5-17/h3-8,13-14H,9-12H2,1-2H3,(H,24,25). The monoisotopic (exact) mass is 394 g/mol. The van der Waals surface area contributed by atoms with Crippen LogP contribution in [-0.2, 0) is 0 Å². The van der Waals surface area contributed by atoms with E-state index in [1.165, 1.54) is 16.8 Å². The lowest BCUT2D eigenvalue weighted by molar-refractivity contribution is 0.0747. The fraction of sp³-hybridized carbons (Fsp3) is 0.273. The van der Waals surface area contributed by atoms with Gasteiger partial charge in [-0.05, 0) is 37.6 Å². The molecule has 0 atom stereocenters. The van der Waals surface area contributed by atoms with Crippen LogP contribution in [0.2, 0.25) is 5.02 Å². The quantitative estimate of drug-likeness (QED) is 0.720. The smallest absolute Gasteiger partial charge is 0.257 e. The van der Waals surface area contributed by atoms with Gasteiger partial charge in [-0.2, -0.15) is 5.10 Å². The van der Waals surface area contributed by atoms with Gasteiger partial charge in [0.25, 0.3) is 5.91 Å². The summed E-state index contributed by atoms with van der Waals surface area (Å²) in [7, 11) is 0. The molecule has 0 bridgehead atoms. The summed E-state index contributed by atoms with van der Waals surface area (Å²) >= 11 is 5.98. The number of hydrogen-bond acceptors (Lipinski definition) is 3. The number of nitrogens with zero attached hydrogens (tertiary/aromatic N) is 3. The first kappa shape index (κ1) is 18.6. The molecule has 0 radical (unpaired) electrons. The molecule has 1 saturated heterocycles. The molecule has 0 spiro atoms. The molecule has 3 aromatic rings. The largest absolute Gasteiger partial charge is 0.368 e. The second kappa shape index (κ2) is 7.68. The molecule has 1 fully saturated rings. The number of halogens is 1. The van der Waals surface area contributed by atoms with Crippen molar-refractivity contribution < 1.29 is 4.79 Å². The van der Waals surface area contributed by atoms with E-state index >= 15 is 0 Å². The van der Waals surface area contributed by atoms with Crippen molar-refractivity contribution in [2.24, 2.45) is 0 Å². The Morgan fingerprint density at radius 2 is 1.75 bits per heavy atom. The lowest BCUT2D eigenvalue weighted by atomic mass is 10.1. The normalized spacial score (nSPS) is 14.4. The molecule has 1 amide bonds. The molecule has 1 aromatic heterocycles. The Morgan fingerprint density at radius 1 is 1.04 bits per heavy atom. The third-order valence-corrected chi connectivity index (χ3v) is 5.51. The molecule has 5 nitrogen and oxygen atoms in total. The number of aromatic amines is 1. The first-order valence-corrected chi connectivity index (χ1v) is 9.81. The van der Waals surface area contributed by atoms with Gasteiger partial charge < -0.3 is 9.80 Å². The van der Waals surface area contributed by atoms with E-state index in [1.54, 1.807) is 6.20 Å². The van der Waals surface area contributed by atoms with Crippen LogP contribution in [0.3, 0.4) is 0 Å². The summed E-state index contributed by atoms with van der Waals surface area (Å²) in [6.45, 7) is 7.28. The van der Waals surface area contributed by atoms with Gasteiger partial charge in [-0.15, -0.1) is 0 Å². The number of anilines is 1. The summed E-state index contributed by atoms with van der Waals surface area (Å²) in [6.07, 6.45) is 1.61. The average molecular weight is 395 g/mol. The van der Waals surface area contributed by atoms with Crippen LogP contribution >= 0.6 is 11.6 Å². The third kappa shape index (κ3) is 3.62. The number of nitrogens with one attached hydrogen (secondary N) is 1. The number of aromatic nitrogens is 2. The van der Waals surface area contributed by atoms with E-state index in [0.717, 1.165) is 24.3 Å². The fourth-order valence-corrected chi connectivity index (χ4v) is 3.89. The molecule has 1 N–H and O–H groups in total. The Labute approximate surface area is 169 Å². The molecule has 144 valence electrons. The van der Waals surface area contributed by atoms with Crippen molar-refractivity contribution in [1.82, 2.24) is 15.1 Å². The fourth-order valence-electron chi connectivity index (χ4n) is 3.77. The Balaban J connectivity index is 1.48. The highest BCUT2D eigenvalue weighted by molar-refractivity contribution is 6.30. The molecule has 0 unspecified atom stereocenters. The molecule has 28 heavy (non-hydrogen) atoms. The maximum Gasteiger partial charge on any atom is 0.257 e. The number of H-pyrrole nitrogens is 1. The van der Waals surface area contributed by atoms with Gasteiger partial charge in [-0.25, -0.2) is 0 Å². The average Bonchev–Trinajstić information content (AvgIpc) is 3.18. The van der Waals surface area contributed by atoms with E-state index < -0.39 is 0 Å². The third-order valence-electron chi connectivity index (χ3n) is 5.26. The minimum Gasteiger partial charge on any atom is -0.368 e. The van der Waals surface area contributed by atoms with Gasteiger partial charge in [0.1, 0.15) is 0 Å². The zero-order valence-corrected chi connectivity index (χ0v) is 16.8. The van der Waals surface area contributed by atoms with Crippen molar-refractivity contribution in [3.63, 3.8) is 0 Å². The van der Waals surface area contributed by atoms with Crippen molar-refractivity contribution >= 4 is 23.2 Å². The van der Waals surface area contributed by atoms with Crippen LogP contribution in [0, 0.1) is 13.8 Å². The molecule has 0 saturated carbocycles. The number of amides is 1. The highest BCUT2D eigenvalue weighted by atomic mass is 35.5. The van der Waals surface area contributed by atoms with E-state index in [4.69, 9.17) is 11.6 Å². The number of piperazine rings is 1. The molecule has 6 heteroatoms. The van der Waals surface area contributed by atoms with E-state index in [-0.39, 0.29) is 5.91 Å². The first-order valence-electron chi connectivity index (χ1n) is 9.44. The summed E-state index contributed by atoms with van der Waals surface area (Å²) in [6, 6.07) is 13.9. The van der Waals surface area contributed by atoms with Crippen LogP contribution in [-0.4, -0.2) is 47.2 Å². The Kier molecular flexibility index (Phi) is 5.09. The molecular formula is C22H23ClN4O. The van der Waals surface area contributed by atoms with Gasteiger partial charge in [-0.3, -0.25) is 9.89 Å². The summed E-state index contributed by atoms with van der Waals surface area (Å²) in [4.78, 5) is 17.4. The predicted octanol–water partition coefficient (Wildman–Crippen LogP) is 4.31. The van der Waals surface area contributed by atoms with Crippen LogP contribution < -0.4 is 4.90 Å². The number of benzene rings is 2. The van der Waals surface area contributed by atoms with E-state index in [0.29, 0.717) is 23.7 Å². The van der Waals surface area contributed by atoms with Crippen molar-refractivity contribution in [2.75, 3.05) is 31.1 Å². The topological polar surface area (TPSA) is 52.2 Å². The molecule has 1 aliphatic heterocycles. The number of carbonyl (C=O) groups is 1. The van der Waals surface area contributed by atoms with Gasteiger partial charge >= 0.3 is 0 Å². The molecule has 2 aromatic carbocycles. The minimum absolute atomic E-state index is 0.0129. The molecule has 2 heterocycles. The molecule has 1 aliphatic rings. The Morgan fingerprint density at radius 3 is 2.43 bits per heavy atom. The lowest BCUT2D eigenvalue weighted by Gasteiger charge is -2.36. The zero-order valence-electron chi connectivity index (χ0n) is 16.1. The summed E-state index contributed by atoms with van der Waals surface area (Å²) in [5, 5.41) is 7.73. The van der Waals surface area contributed by atoms with Gasteiger partial charge in [-0.1, -0.05) is 41.4 Å². The number of aryl methyl sites for hydroxylation is 2. The van der Waals surface area contributed by atoms with E-state index in [1.807, 2.05) is 29.2 Å². The minimum atomic E-state index is 0.0129. The van der Waals surface area contributed by atoms with Crippen molar-refractivity contribution in [2.45, 2.75) is 13.8 Å². The van der Waals surface area contributed by atoms with Crippen LogP contribution in [0.5, 0.6) is 0 Å². The van der Waals surface area contributed by atoms with Crippen LogP contribution in [0.15, 0.2) is 48.7 Å². The van der Waals surface area contributed by atoms with E-state index in [9.17, 15) is 4.79 Å². The SMILES string of the molecule is Cc1ccc(N2CCN(C(=O)c3cn[nH]c3-c3ccc(Cl)cc3)CC2)c(C)c1. The van der Waals surface area contributed by atoms with Crippen LogP contribution in [0.25, 0.3) is 11.3 Å². The van der Waals surface area contributed by atoms with Gasteiger partial charge in [0.2, 0.25) is 0 Å². The van der Waals surface area contributed by atoms with Gasteiger partial charge in [0, 0.05) is 42.5 Å². The second-order valence-electron chi connectivity index (χ2n) is 7.23. The van der Waals surface area contributed by atoms with Crippen molar-refractivity contribution in [3.8, 4) is 11.3 Å². The Bertz CT molecular complexity index is 988. The number of rotatable bonds is 3. The van der Waals surface area contributed by atoms with Crippen molar-refractivity contribution in [1.29, 1.82) is 0 Å². The molecule has 0 aliphatic carbocycles. The van der Waals surface area contributed by atoms with Gasteiger partial charge in [0.05, 0.1) is 17.5 Å². The highest BCUT2D eigenvalue weighted by Gasteiger charge is 2.26. The summed E-state index contributed by atoms with van der Waals surface area (Å²) in [5.41, 5.74) is 6.03. The zero-order chi connectivity index (χ0) is 19.7. The maximum absolute atomic E-state index is 13.1. The predicted molar refractivity (Wildman–Crippen MR) is 113 cm³/mol. The summed E-state index contributed by atoms with van der Waals surface area (Å²) < 4.78 is 0. The van der Waals surface area contributed by atoms with Gasteiger partial charge in [0.15, 0.2) is 0 Å². The van der Waals surface area contributed by atoms with Crippen molar-refractivity contribution in [3.05, 3.63) is 70.4 Å². The van der Waals surface area contributed by atoms with Crippen LogP contribution in [0.1, 0.15) is 21.5 Å².